The zero-order chi connectivity index (χ0) is 18.9. The van der Waals surface area contributed by atoms with Crippen LogP contribution in [0.3, 0.4) is 0 Å². The van der Waals surface area contributed by atoms with Crippen LogP contribution in [0.15, 0.2) is 79.0 Å². The third kappa shape index (κ3) is 2.79. The summed E-state index contributed by atoms with van der Waals surface area (Å²) in [6, 6.07) is 21.9. The zero-order valence-corrected chi connectivity index (χ0v) is 14.7. The fraction of sp³-hybridized carbons (Fsp3) is 0. The summed E-state index contributed by atoms with van der Waals surface area (Å²) < 4.78 is 15.5. The summed E-state index contributed by atoms with van der Waals surface area (Å²) in [4.78, 5) is 0. The Labute approximate surface area is 159 Å². The third-order valence-electron chi connectivity index (χ3n) is 4.49. The predicted molar refractivity (Wildman–Crippen MR) is 106 cm³/mol. The first-order valence-corrected chi connectivity index (χ1v) is 8.75. The lowest BCUT2D eigenvalue weighted by molar-refractivity contribution is 0.628. The van der Waals surface area contributed by atoms with Crippen molar-refractivity contribution in [1.29, 1.82) is 0 Å². The number of hydrogen-bond donors (Lipinski definition) is 2. The molecule has 0 saturated heterocycles. The molecular formula is C21H15FN6. The summed E-state index contributed by atoms with van der Waals surface area (Å²) in [5.74, 6) is 1.17. The molecule has 6 nitrogen and oxygen atoms in total. The highest BCUT2D eigenvalue weighted by Gasteiger charge is 2.17. The van der Waals surface area contributed by atoms with Crippen molar-refractivity contribution in [2.75, 3.05) is 5.32 Å². The van der Waals surface area contributed by atoms with Crippen molar-refractivity contribution >= 4 is 17.2 Å². The Morgan fingerprint density at radius 3 is 2.39 bits per heavy atom. The van der Waals surface area contributed by atoms with Crippen LogP contribution in [0.2, 0.25) is 0 Å². The van der Waals surface area contributed by atoms with Gasteiger partial charge in [0.05, 0.1) is 17.6 Å². The number of hydrogen-bond acceptors (Lipinski definition) is 4. The molecule has 0 fully saturated rings. The molecule has 0 saturated carbocycles. The SMILES string of the molecule is Fc1ccc(-c2c(Nc3ccn[nH]3)ccc3nnc(-c4ccccc4)n23)cc1. The molecule has 0 unspecified atom stereocenters. The van der Waals surface area contributed by atoms with E-state index in [1.54, 1.807) is 18.3 Å². The van der Waals surface area contributed by atoms with Gasteiger partial charge in [-0.2, -0.15) is 5.10 Å². The Balaban J connectivity index is 1.79. The highest BCUT2D eigenvalue weighted by atomic mass is 19.1. The van der Waals surface area contributed by atoms with Gasteiger partial charge in [-0.15, -0.1) is 10.2 Å². The highest BCUT2D eigenvalue weighted by Crippen LogP contribution is 2.33. The quantitative estimate of drug-likeness (QED) is 0.482. The normalized spacial score (nSPS) is 11.0. The smallest absolute Gasteiger partial charge is 0.168 e. The van der Waals surface area contributed by atoms with Crippen molar-refractivity contribution in [1.82, 2.24) is 24.8 Å². The lowest BCUT2D eigenvalue weighted by Crippen LogP contribution is -2.01. The van der Waals surface area contributed by atoms with Crippen LogP contribution >= 0.6 is 0 Å². The van der Waals surface area contributed by atoms with E-state index in [0.29, 0.717) is 11.5 Å². The van der Waals surface area contributed by atoms with Gasteiger partial charge in [0.1, 0.15) is 11.6 Å². The summed E-state index contributed by atoms with van der Waals surface area (Å²) in [5.41, 5.74) is 4.13. The van der Waals surface area contributed by atoms with Gasteiger partial charge in [0.15, 0.2) is 11.5 Å². The van der Waals surface area contributed by atoms with E-state index in [2.05, 4.69) is 25.7 Å². The fourth-order valence-electron chi connectivity index (χ4n) is 3.22. The van der Waals surface area contributed by atoms with E-state index in [-0.39, 0.29) is 5.82 Å². The van der Waals surface area contributed by atoms with Gasteiger partial charge >= 0.3 is 0 Å². The summed E-state index contributed by atoms with van der Waals surface area (Å²) >= 11 is 0. The fourth-order valence-corrected chi connectivity index (χ4v) is 3.22. The molecule has 3 heterocycles. The summed E-state index contributed by atoms with van der Waals surface area (Å²) in [7, 11) is 0. The Hall–Kier alpha value is -4.00. The van der Waals surface area contributed by atoms with Crippen molar-refractivity contribution < 1.29 is 4.39 Å². The molecule has 136 valence electrons. The van der Waals surface area contributed by atoms with Gasteiger partial charge in [0.2, 0.25) is 0 Å². The topological polar surface area (TPSA) is 70.9 Å². The van der Waals surface area contributed by atoms with Gasteiger partial charge in [-0.05, 0) is 36.4 Å². The van der Waals surface area contributed by atoms with Gasteiger partial charge in [-0.25, -0.2) is 4.39 Å². The van der Waals surface area contributed by atoms with E-state index in [1.807, 2.05) is 52.9 Å². The lowest BCUT2D eigenvalue weighted by Gasteiger charge is -2.15. The van der Waals surface area contributed by atoms with Crippen molar-refractivity contribution in [3.63, 3.8) is 0 Å². The number of benzene rings is 2. The molecule has 2 aromatic carbocycles. The van der Waals surface area contributed by atoms with Crippen molar-refractivity contribution in [3.05, 3.63) is 84.8 Å². The molecule has 28 heavy (non-hydrogen) atoms. The molecule has 0 amide bonds. The molecule has 7 heteroatoms. The number of aromatic nitrogens is 5. The summed E-state index contributed by atoms with van der Waals surface area (Å²) in [6.07, 6.45) is 1.67. The van der Waals surface area contributed by atoms with Crippen molar-refractivity contribution in [2.45, 2.75) is 0 Å². The summed E-state index contributed by atoms with van der Waals surface area (Å²) in [5, 5.41) is 18.9. The number of nitrogens with one attached hydrogen (secondary N) is 2. The molecule has 0 spiro atoms. The monoisotopic (exact) mass is 370 g/mol. The van der Waals surface area contributed by atoms with Crippen LogP contribution < -0.4 is 5.32 Å². The lowest BCUT2D eigenvalue weighted by atomic mass is 10.1. The van der Waals surface area contributed by atoms with Crippen LogP contribution in [0.1, 0.15) is 0 Å². The van der Waals surface area contributed by atoms with Crippen LogP contribution in [0.4, 0.5) is 15.9 Å². The highest BCUT2D eigenvalue weighted by molar-refractivity contribution is 5.82. The largest absolute Gasteiger partial charge is 0.339 e. The van der Waals surface area contributed by atoms with E-state index < -0.39 is 0 Å². The Morgan fingerprint density at radius 2 is 1.64 bits per heavy atom. The molecule has 3 aromatic heterocycles. The molecule has 2 N–H and O–H groups in total. The standard InChI is InChI=1S/C21H15FN6/c22-16-8-6-14(7-9-16)20-17(24-18-12-13-23-25-18)10-11-19-26-27-21(28(19)20)15-4-2-1-3-5-15/h1-13H,(H2,23,24,25). The first kappa shape index (κ1) is 16.2. The van der Waals surface area contributed by atoms with Crippen LogP contribution in [0, 0.1) is 5.82 Å². The molecule has 0 aliphatic heterocycles. The minimum Gasteiger partial charge on any atom is -0.339 e. The van der Waals surface area contributed by atoms with Crippen LogP contribution in [0.5, 0.6) is 0 Å². The number of aromatic amines is 1. The minimum atomic E-state index is -0.286. The number of H-pyrrole nitrogens is 1. The minimum absolute atomic E-state index is 0.286. The maximum Gasteiger partial charge on any atom is 0.168 e. The van der Waals surface area contributed by atoms with E-state index in [1.165, 1.54) is 12.1 Å². The molecule has 5 rings (SSSR count). The van der Waals surface area contributed by atoms with Crippen LogP contribution in [-0.2, 0) is 0 Å². The molecule has 0 aliphatic carbocycles. The van der Waals surface area contributed by atoms with Gasteiger partial charge < -0.3 is 5.32 Å². The van der Waals surface area contributed by atoms with Crippen molar-refractivity contribution in [2.24, 2.45) is 0 Å². The van der Waals surface area contributed by atoms with Gasteiger partial charge in [-0.1, -0.05) is 30.3 Å². The number of anilines is 2. The van der Waals surface area contributed by atoms with Gasteiger partial charge in [-0.3, -0.25) is 9.50 Å². The average Bonchev–Trinajstić information content (AvgIpc) is 3.39. The van der Waals surface area contributed by atoms with E-state index in [4.69, 9.17) is 0 Å². The Morgan fingerprint density at radius 1 is 0.821 bits per heavy atom. The first-order valence-electron chi connectivity index (χ1n) is 8.75. The number of rotatable bonds is 4. The number of fused-ring (bicyclic) bond motifs is 1. The van der Waals surface area contributed by atoms with Crippen molar-refractivity contribution in [3.8, 4) is 22.6 Å². The molecule has 0 bridgehead atoms. The molecule has 0 aliphatic rings. The van der Waals surface area contributed by atoms with Crippen LogP contribution in [0.25, 0.3) is 28.3 Å². The second-order valence-corrected chi connectivity index (χ2v) is 6.28. The van der Waals surface area contributed by atoms with E-state index in [9.17, 15) is 4.39 Å². The Kier molecular flexibility index (Phi) is 3.83. The molecule has 0 radical (unpaired) electrons. The van der Waals surface area contributed by atoms with E-state index in [0.717, 1.165) is 28.3 Å². The molecule has 5 aromatic rings. The van der Waals surface area contributed by atoms with Gasteiger partial charge in [0.25, 0.3) is 0 Å². The second-order valence-electron chi connectivity index (χ2n) is 6.28. The first-order chi connectivity index (χ1) is 13.8. The molecule has 0 atom stereocenters. The second kappa shape index (κ2) is 6.62. The maximum absolute atomic E-state index is 13.5. The number of halogens is 1. The van der Waals surface area contributed by atoms with Gasteiger partial charge in [0, 0.05) is 17.2 Å². The predicted octanol–water partition coefficient (Wildman–Crippen LogP) is 4.67. The average molecular weight is 370 g/mol. The summed E-state index contributed by atoms with van der Waals surface area (Å²) in [6.45, 7) is 0. The van der Waals surface area contributed by atoms with E-state index >= 15 is 0 Å². The number of pyridine rings is 1. The van der Waals surface area contributed by atoms with Crippen LogP contribution in [-0.4, -0.2) is 24.8 Å². The molecular weight excluding hydrogens is 355 g/mol. The zero-order valence-electron chi connectivity index (χ0n) is 14.7. The Bertz CT molecular complexity index is 1230. The maximum atomic E-state index is 13.5. The number of nitrogens with zero attached hydrogens (tertiary/aromatic N) is 4. The third-order valence-corrected chi connectivity index (χ3v) is 4.49.